The van der Waals surface area contributed by atoms with Gasteiger partial charge >= 0.3 is 11.8 Å². The number of halogens is 1. The fourth-order valence-electron chi connectivity index (χ4n) is 2.82. The van der Waals surface area contributed by atoms with E-state index in [1.54, 1.807) is 32.7 Å². The van der Waals surface area contributed by atoms with Crippen LogP contribution in [-0.4, -0.2) is 51.7 Å². The van der Waals surface area contributed by atoms with E-state index < -0.39 is 28.8 Å². The van der Waals surface area contributed by atoms with Crippen LogP contribution in [0.15, 0.2) is 6.20 Å². The second-order valence-corrected chi connectivity index (χ2v) is 7.07. The van der Waals surface area contributed by atoms with Crippen molar-refractivity contribution in [1.29, 1.82) is 0 Å². The van der Waals surface area contributed by atoms with Gasteiger partial charge in [0.05, 0.1) is 11.0 Å². The van der Waals surface area contributed by atoms with E-state index in [0.717, 1.165) is 0 Å². The molecule has 9 nitrogen and oxygen atoms in total. The van der Waals surface area contributed by atoms with Crippen LogP contribution in [0, 0.1) is 10.1 Å². The summed E-state index contributed by atoms with van der Waals surface area (Å²) >= 11 is 0. The lowest BCUT2D eigenvalue weighted by Gasteiger charge is -2.24. The van der Waals surface area contributed by atoms with Gasteiger partial charge in [0.15, 0.2) is 0 Å². The Bertz CT molecular complexity index is 642. The standard InChI is InChI=1S/C15H24FN5O4/c1-15(2,3)25-14(22)18-11-6-8-20(7-5-10(11)16)13-12(21(23)24)9-17-19(13)4/h9-11H,5-8H2,1-4H3,(H,18,22)/t10-,11-/m1/s1. The van der Waals surface area contributed by atoms with Gasteiger partial charge in [-0.2, -0.15) is 5.10 Å². The van der Waals surface area contributed by atoms with E-state index >= 15 is 0 Å². The summed E-state index contributed by atoms with van der Waals surface area (Å²) in [5.74, 6) is 0.343. The largest absolute Gasteiger partial charge is 0.444 e. The molecule has 2 rings (SSSR count). The van der Waals surface area contributed by atoms with Gasteiger partial charge in [-0.15, -0.1) is 0 Å². The fourth-order valence-corrected chi connectivity index (χ4v) is 2.82. The molecule has 1 saturated heterocycles. The number of aryl methyl sites for hydroxylation is 1. The Hall–Kier alpha value is -2.39. The highest BCUT2D eigenvalue weighted by atomic mass is 19.1. The summed E-state index contributed by atoms with van der Waals surface area (Å²) in [6.07, 6.45) is -0.292. The number of anilines is 1. The molecule has 2 heterocycles. The molecule has 1 aromatic heterocycles. The zero-order chi connectivity index (χ0) is 18.8. The van der Waals surface area contributed by atoms with Crippen molar-refractivity contribution in [1.82, 2.24) is 15.1 Å². The zero-order valence-electron chi connectivity index (χ0n) is 14.9. The summed E-state index contributed by atoms with van der Waals surface area (Å²) in [4.78, 5) is 24.3. The van der Waals surface area contributed by atoms with Crippen LogP contribution in [0.3, 0.4) is 0 Å². The number of nitrogens with zero attached hydrogens (tertiary/aromatic N) is 4. The van der Waals surface area contributed by atoms with Crippen molar-refractivity contribution in [3.63, 3.8) is 0 Å². The van der Waals surface area contributed by atoms with E-state index in [2.05, 4.69) is 10.4 Å². The molecule has 1 fully saturated rings. The lowest BCUT2D eigenvalue weighted by Crippen LogP contribution is -2.44. The molecule has 140 valence electrons. The summed E-state index contributed by atoms with van der Waals surface area (Å²) in [5, 5.41) is 17.6. The third kappa shape index (κ3) is 4.80. The zero-order valence-corrected chi connectivity index (χ0v) is 14.9. The Labute approximate surface area is 145 Å². The van der Waals surface area contributed by atoms with E-state index in [1.807, 2.05) is 0 Å². The SMILES string of the molecule is Cn1ncc([N+](=O)[O-])c1N1CC[C@@H](F)[C@H](NC(=O)OC(C)(C)C)CC1. The lowest BCUT2D eigenvalue weighted by molar-refractivity contribution is -0.384. The van der Waals surface area contributed by atoms with Crippen LogP contribution in [-0.2, 0) is 11.8 Å². The van der Waals surface area contributed by atoms with Gasteiger partial charge in [-0.05, 0) is 33.6 Å². The molecular weight excluding hydrogens is 333 g/mol. The molecule has 1 N–H and O–H groups in total. The predicted molar refractivity (Wildman–Crippen MR) is 89.4 cm³/mol. The average Bonchev–Trinajstić information content (AvgIpc) is 2.77. The van der Waals surface area contributed by atoms with Crippen LogP contribution in [0.5, 0.6) is 0 Å². The first-order valence-electron chi connectivity index (χ1n) is 8.13. The number of hydrogen-bond donors (Lipinski definition) is 1. The highest BCUT2D eigenvalue weighted by Crippen LogP contribution is 2.29. The van der Waals surface area contributed by atoms with Gasteiger partial charge in [-0.3, -0.25) is 10.1 Å². The number of alkyl halides is 1. The molecule has 1 aliphatic heterocycles. The highest BCUT2D eigenvalue weighted by Gasteiger charge is 2.32. The van der Waals surface area contributed by atoms with E-state index in [-0.39, 0.29) is 12.1 Å². The normalized spacial score (nSPS) is 21.6. The first-order valence-corrected chi connectivity index (χ1v) is 8.13. The van der Waals surface area contributed by atoms with E-state index in [0.29, 0.717) is 25.3 Å². The minimum Gasteiger partial charge on any atom is -0.444 e. The third-order valence-electron chi connectivity index (χ3n) is 3.91. The number of ether oxygens (including phenoxy) is 1. The summed E-state index contributed by atoms with van der Waals surface area (Å²) in [6.45, 7) is 5.86. The van der Waals surface area contributed by atoms with E-state index in [1.165, 1.54) is 10.9 Å². The Morgan fingerprint density at radius 1 is 1.44 bits per heavy atom. The molecule has 1 amide bonds. The number of nitro groups is 1. The fraction of sp³-hybridized carbons (Fsp3) is 0.733. The quantitative estimate of drug-likeness (QED) is 0.657. The smallest absolute Gasteiger partial charge is 0.407 e. The van der Waals surface area contributed by atoms with Gasteiger partial charge in [0, 0.05) is 20.1 Å². The maximum atomic E-state index is 14.4. The maximum Gasteiger partial charge on any atom is 0.407 e. The summed E-state index contributed by atoms with van der Waals surface area (Å²) in [7, 11) is 1.61. The number of nitrogens with one attached hydrogen (secondary N) is 1. The minimum atomic E-state index is -1.26. The molecule has 1 aliphatic rings. The Balaban J connectivity index is 2.07. The number of amides is 1. The summed E-state index contributed by atoms with van der Waals surface area (Å²) in [5.41, 5.74) is -0.779. The highest BCUT2D eigenvalue weighted by molar-refractivity contribution is 5.68. The number of rotatable bonds is 3. The first-order chi connectivity index (χ1) is 11.6. The van der Waals surface area contributed by atoms with Crippen LogP contribution in [0.1, 0.15) is 33.6 Å². The molecule has 0 bridgehead atoms. The molecule has 0 spiro atoms. The van der Waals surface area contributed by atoms with E-state index in [9.17, 15) is 19.3 Å². The molecule has 1 aromatic rings. The monoisotopic (exact) mass is 357 g/mol. The van der Waals surface area contributed by atoms with Crippen molar-refractivity contribution in [3.8, 4) is 0 Å². The second kappa shape index (κ2) is 7.24. The van der Waals surface area contributed by atoms with Crippen molar-refractivity contribution < 1.29 is 18.8 Å². The van der Waals surface area contributed by atoms with Gasteiger partial charge < -0.3 is 15.0 Å². The lowest BCUT2D eigenvalue weighted by atomic mass is 10.1. The molecule has 0 saturated carbocycles. The number of aromatic nitrogens is 2. The van der Waals surface area contributed by atoms with Crippen molar-refractivity contribution in [2.75, 3.05) is 18.0 Å². The Kier molecular flexibility index (Phi) is 5.48. The summed E-state index contributed by atoms with van der Waals surface area (Å²) in [6, 6.07) is -0.702. The Morgan fingerprint density at radius 2 is 2.08 bits per heavy atom. The number of carbonyl (C=O) groups excluding carboxylic acids is 1. The van der Waals surface area contributed by atoms with Crippen molar-refractivity contribution >= 4 is 17.6 Å². The third-order valence-corrected chi connectivity index (χ3v) is 3.91. The van der Waals surface area contributed by atoms with Crippen molar-refractivity contribution in [2.45, 2.75) is 51.4 Å². The topological polar surface area (TPSA) is 103 Å². The van der Waals surface area contributed by atoms with Gasteiger partial charge in [-0.1, -0.05) is 0 Å². The first kappa shape index (κ1) is 18.9. The predicted octanol–water partition coefficient (Wildman–Crippen LogP) is 2.16. The molecule has 0 aliphatic carbocycles. The van der Waals surface area contributed by atoms with Gasteiger partial charge in [-0.25, -0.2) is 13.9 Å². The minimum absolute atomic E-state index is 0.114. The number of carbonyl (C=O) groups is 1. The van der Waals surface area contributed by atoms with Crippen molar-refractivity contribution in [2.24, 2.45) is 7.05 Å². The molecule has 10 heteroatoms. The molecular formula is C15H24FN5O4. The molecule has 2 atom stereocenters. The van der Waals surface area contributed by atoms with Crippen LogP contribution in [0.25, 0.3) is 0 Å². The van der Waals surface area contributed by atoms with Gasteiger partial charge in [0.2, 0.25) is 5.82 Å². The van der Waals surface area contributed by atoms with Crippen LogP contribution in [0.4, 0.5) is 20.7 Å². The molecule has 0 unspecified atom stereocenters. The van der Waals surface area contributed by atoms with Crippen LogP contribution >= 0.6 is 0 Å². The second-order valence-electron chi connectivity index (χ2n) is 7.07. The molecule has 0 aromatic carbocycles. The maximum absolute atomic E-state index is 14.4. The summed E-state index contributed by atoms with van der Waals surface area (Å²) < 4.78 is 21.0. The van der Waals surface area contributed by atoms with E-state index in [4.69, 9.17) is 4.74 Å². The molecule has 0 radical (unpaired) electrons. The van der Waals surface area contributed by atoms with Crippen molar-refractivity contribution in [3.05, 3.63) is 16.3 Å². The number of alkyl carbamates (subject to hydrolysis) is 1. The molecule has 25 heavy (non-hydrogen) atoms. The van der Waals surface area contributed by atoms with Gasteiger partial charge in [0.1, 0.15) is 18.0 Å². The average molecular weight is 357 g/mol. The van der Waals surface area contributed by atoms with Crippen LogP contribution < -0.4 is 10.2 Å². The number of hydrogen-bond acceptors (Lipinski definition) is 6. The Morgan fingerprint density at radius 3 is 2.68 bits per heavy atom. The van der Waals surface area contributed by atoms with Gasteiger partial charge in [0.25, 0.3) is 0 Å². The van der Waals surface area contributed by atoms with Crippen LogP contribution in [0.2, 0.25) is 0 Å².